The molecule has 1 atom stereocenters. The molecule has 0 fully saturated rings. The SMILES string of the molecule is Cc1cc(C)cc(NS(=O)(=O)c2ccc(OCC(=O)N[C@@H]3CCCc4ccccc43)cc2)c1. The van der Waals surface area contributed by atoms with Crippen molar-refractivity contribution in [3.05, 3.63) is 89.0 Å². The van der Waals surface area contributed by atoms with E-state index in [1.165, 1.54) is 23.3 Å². The maximum absolute atomic E-state index is 12.7. The highest BCUT2D eigenvalue weighted by Crippen LogP contribution is 2.29. The van der Waals surface area contributed by atoms with Crippen LogP contribution in [0.3, 0.4) is 0 Å². The molecular formula is C26H28N2O4S. The zero-order chi connectivity index (χ0) is 23.4. The van der Waals surface area contributed by atoms with Gasteiger partial charge in [-0.25, -0.2) is 8.42 Å². The topological polar surface area (TPSA) is 84.5 Å². The van der Waals surface area contributed by atoms with Gasteiger partial charge in [0.15, 0.2) is 6.61 Å². The van der Waals surface area contributed by atoms with Crippen molar-refractivity contribution in [1.82, 2.24) is 5.32 Å². The minimum absolute atomic E-state index is 0.00472. The highest BCUT2D eigenvalue weighted by molar-refractivity contribution is 7.92. The third-order valence-corrected chi connectivity index (χ3v) is 7.08. The Bertz CT molecular complexity index is 1230. The summed E-state index contributed by atoms with van der Waals surface area (Å²) in [6, 6.07) is 19.8. The lowest BCUT2D eigenvalue weighted by molar-refractivity contribution is -0.124. The number of carbonyl (C=O) groups excluding carboxylic acids is 1. The number of nitrogens with one attached hydrogen (secondary N) is 2. The first kappa shape index (κ1) is 22.9. The molecule has 4 rings (SSSR count). The molecule has 3 aromatic rings. The fraction of sp³-hybridized carbons (Fsp3) is 0.269. The molecule has 6 nitrogen and oxygen atoms in total. The van der Waals surface area contributed by atoms with E-state index in [1.807, 2.05) is 32.0 Å². The molecular weight excluding hydrogens is 436 g/mol. The summed E-state index contributed by atoms with van der Waals surface area (Å²) >= 11 is 0. The van der Waals surface area contributed by atoms with Crippen molar-refractivity contribution >= 4 is 21.6 Å². The Morgan fingerprint density at radius 2 is 1.70 bits per heavy atom. The van der Waals surface area contributed by atoms with E-state index in [0.29, 0.717) is 11.4 Å². The van der Waals surface area contributed by atoms with Crippen LogP contribution in [0.4, 0.5) is 5.69 Å². The number of hydrogen-bond donors (Lipinski definition) is 2. The van der Waals surface area contributed by atoms with Gasteiger partial charge in [-0.3, -0.25) is 9.52 Å². The van der Waals surface area contributed by atoms with E-state index in [4.69, 9.17) is 4.74 Å². The second kappa shape index (κ2) is 9.67. The molecule has 7 heteroatoms. The van der Waals surface area contributed by atoms with E-state index in [2.05, 4.69) is 22.2 Å². The van der Waals surface area contributed by atoms with Crippen molar-refractivity contribution in [3.63, 3.8) is 0 Å². The number of aryl methyl sites for hydroxylation is 3. The molecule has 0 saturated carbocycles. The molecule has 0 aromatic heterocycles. The maximum atomic E-state index is 12.7. The van der Waals surface area contributed by atoms with Gasteiger partial charge in [0.2, 0.25) is 0 Å². The summed E-state index contributed by atoms with van der Waals surface area (Å²) in [5.74, 6) is 0.226. The van der Waals surface area contributed by atoms with Crippen LogP contribution < -0.4 is 14.8 Å². The van der Waals surface area contributed by atoms with Crippen LogP contribution in [-0.4, -0.2) is 20.9 Å². The van der Waals surface area contributed by atoms with Crippen molar-refractivity contribution in [3.8, 4) is 5.75 Å². The van der Waals surface area contributed by atoms with Gasteiger partial charge in [0, 0.05) is 5.69 Å². The van der Waals surface area contributed by atoms with Crippen LogP contribution in [0.25, 0.3) is 0 Å². The fourth-order valence-electron chi connectivity index (χ4n) is 4.25. The highest BCUT2D eigenvalue weighted by atomic mass is 32.2. The van der Waals surface area contributed by atoms with Gasteiger partial charge < -0.3 is 10.1 Å². The van der Waals surface area contributed by atoms with E-state index in [1.54, 1.807) is 24.3 Å². The predicted molar refractivity (Wildman–Crippen MR) is 129 cm³/mol. The van der Waals surface area contributed by atoms with Gasteiger partial charge in [-0.1, -0.05) is 30.3 Å². The van der Waals surface area contributed by atoms with Gasteiger partial charge in [0.05, 0.1) is 10.9 Å². The second-order valence-electron chi connectivity index (χ2n) is 8.45. The molecule has 0 unspecified atom stereocenters. The number of carbonyl (C=O) groups is 1. The Kier molecular flexibility index (Phi) is 6.70. The summed E-state index contributed by atoms with van der Waals surface area (Å²) in [6.07, 6.45) is 2.98. The van der Waals surface area contributed by atoms with Crippen molar-refractivity contribution in [2.75, 3.05) is 11.3 Å². The summed E-state index contributed by atoms with van der Waals surface area (Å²) in [7, 11) is -3.73. The quantitative estimate of drug-likeness (QED) is 0.532. The number of amides is 1. The smallest absolute Gasteiger partial charge is 0.261 e. The van der Waals surface area contributed by atoms with Crippen molar-refractivity contribution in [2.24, 2.45) is 0 Å². The Hall–Kier alpha value is -3.32. The van der Waals surface area contributed by atoms with Crippen LogP contribution in [0, 0.1) is 13.8 Å². The Morgan fingerprint density at radius 3 is 2.42 bits per heavy atom. The van der Waals surface area contributed by atoms with Gasteiger partial charge >= 0.3 is 0 Å². The standard InChI is InChI=1S/C26H28N2O4S/c1-18-14-19(2)16-21(15-18)28-33(30,31)23-12-10-22(11-13-23)32-17-26(29)27-25-9-5-7-20-6-3-4-8-24(20)25/h3-4,6,8,10-16,25,28H,5,7,9,17H2,1-2H3,(H,27,29)/t25-/m1/s1. The number of sulfonamides is 1. The minimum atomic E-state index is -3.73. The van der Waals surface area contributed by atoms with Crippen molar-refractivity contribution in [1.29, 1.82) is 0 Å². The number of fused-ring (bicyclic) bond motifs is 1. The van der Waals surface area contributed by atoms with Crippen molar-refractivity contribution in [2.45, 2.75) is 44.0 Å². The molecule has 172 valence electrons. The Labute approximate surface area is 195 Å². The number of ether oxygens (including phenoxy) is 1. The molecule has 0 heterocycles. The van der Waals surface area contributed by atoms with Gasteiger partial charge in [0.25, 0.3) is 15.9 Å². The number of anilines is 1. The summed E-state index contributed by atoms with van der Waals surface area (Å²) in [4.78, 5) is 12.6. The zero-order valence-corrected chi connectivity index (χ0v) is 19.6. The van der Waals surface area contributed by atoms with Gasteiger partial charge in [-0.05, 0) is 91.8 Å². The van der Waals surface area contributed by atoms with Crippen LogP contribution >= 0.6 is 0 Å². The molecule has 33 heavy (non-hydrogen) atoms. The van der Waals surface area contributed by atoms with Gasteiger partial charge in [-0.15, -0.1) is 0 Å². The fourth-order valence-corrected chi connectivity index (χ4v) is 5.29. The highest BCUT2D eigenvalue weighted by Gasteiger charge is 2.21. The lowest BCUT2D eigenvalue weighted by Gasteiger charge is -2.26. The number of benzene rings is 3. The third-order valence-electron chi connectivity index (χ3n) is 5.68. The van der Waals surface area contributed by atoms with E-state index >= 15 is 0 Å². The average molecular weight is 465 g/mol. The largest absolute Gasteiger partial charge is 0.484 e. The van der Waals surface area contributed by atoms with Gasteiger partial charge in [0.1, 0.15) is 5.75 Å². The molecule has 1 amide bonds. The normalized spacial score (nSPS) is 15.4. The molecule has 1 aliphatic rings. The lowest BCUT2D eigenvalue weighted by Crippen LogP contribution is -2.34. The van der Waals surface area contributed by atoms with Crippen molar-refractivity contribution < 1.29 is 17.9 Å². The summed E-state index contributed by atoms with van der Waals surface area (Å²) in [6.45, 7) is 3.70. The molecule has 3 aromatic carbocycles. The Morgan fingerprint density at radius 1 is 1.00 bits per heavy atom. The monoisotopic (exact) mass is 464 g/mol. The minimum Gasteiger partial charge on any atom is -0.484 e. The number of rotatable bonds is 7. The number of hydrogen-bond acceptors (Lipinski definition) is 4. The second-order valence-corrected chi connectivity index (χ2v) is 10.1. The first-order valence-electron chi connectivity index (χ1n) is 11.0. The molecule has 0 radical (unpaired) electrons. The summed E-state index contributed by atoms with van der Waals surface area (Å²) in [5.41, 5.74) is 4.93. The molecule has 0 saturated heterocycles. The van der Waals surface area contributed by atoms with E-state index in [-0.39, 0.29) is 23.5 Å². The average Bonchev–Trinajstić information content (AvgIpc) is 2.77. The van der Waals surface area contributed by atoms with Crippen LogP contribution in [0.15, 0.2) is 71.6 Å². The third kappa shape index (κ3) is 5.73. The Balaban J connectivity index is 1.34. The van der Waals surface area contributed by atoms with Gasteiger partial charge in [-0.2, -0.15) is 0 Å². The molecule has 2 N–H and O–H groups in total. The van der Waals surface area contributed by atoms with Crippen LogP contribution in [0.1, 0.15) is 41.1 Å². The summed E-state index contributed by atoms with van der Waals surface area (Å²) in [5, 5.41) is 3.05. The van der Waals surface area contributed by atoms with Crippen LogP contribution in [-0.2, 0) is 21.2 Å². The molecule has 0 bridgehead atoms. The van der Waals surface area contributed by atoms with Crippen LogP contribution in [0.5, 0.6) is 5.75 Å². The van der Waals surface area contributed by atoms with E-state index in [9.17, 15) is 13.2 Å². The van der Waals surface area contributed by atoms with E-state index < -0.39 is 10.0 Å². The van der Waals surface area contributed by atoms with Crippen LogP contribution in [0.2, 0.25) is 0 Å². The first-order chi connectivity index (χ1) is 15.8. The van der Waals surface area contributed by atoms with E-state index in [0.717, 1.165) is 30.4 Å². The maximum Gasteiger partial charge on any atom is 0.261 e. The summed E-state index contributed by atoms with van der Waals surface area (Å²) < 4.78 is 33.6. The predicted octanol–water partition coefficient (Wildman–Crippen LogP) is 4.68. The molecule has 0 aliphatic heterocycles. The molecule has 0 spiro atoms. The molecule has 1 aliphatic carbocycles. The first-order valence-corrected chi connectivity index (χ1v) is 12.5. The lowest BCUT2D eigenvalue weighted by atomic mass is 9.88. The zero-order valence-electron chi connectivity index (χ0n) is 18.8.